The van der Waals surface area contributed by atoms with Crippen molar-refractivity contribution in [3.05, 3.63) is 35.7 Å². The van der Waals surface area contributed by atoms with Gasteiger partial charge in [-0.1, -0.05) is 42.1 Å². The summed E-state index contributed by atoms with van der Waals surface area (Å²) in [7, 11) is 0. The van der Waals surface area contributed by atoms with Crippen LogP contribution in [0.4, 0.5) is 0 Å². The first kappa shape index (κ1) is 15.4. The summed E-state index contributed by atoms with van der Waals surface area (Å²) in [5.74, 6) is 1.51. The summed E-state index contributed by atoms with van der Waals surface area (Å²) in [6, 6.07) is 8.44. The zero-order valence-corrected chi connectivity index (χ0v) is 14.1. The highest BCUT2D eigenvalue weighted by Crippen LogP contribution is 2.33. The van der Waals surface area contributed by atoms with E-state index in [1.54, 1.807) is 0 Å². The molecule has 5 heteroatoms. The Hall–Kier alpha value is -2.17. The number of benzene rings is 1. The van der Waals surface area contributed by atoms with Crippen molar-refractivity contribution in [3.63, 3.8) is 0 Å². The quantitative estimate of drug-likeness (QED) is 0.863. The van der Waals surface area contributed by atoms with Crippen LogP contribution < -0.4 is 0 Å². The Morgan fingerprint density at radius 2 is 2.04 bits per heavy atom. The number of hydrogen-bond donors (Lipinski definition) is 0. The molecule has 24 heavy (non-hydrogen) atoms. The highest BCUT2D eigenvalue weighted by molar-refractivity contribution is 5.80. The maximum absolute atomic E-state index is 12.4. The lowest BCUT2D eigenvalue weighted by atomic mass is 9.94. The summed E-state index contributed by atoms with van der Waals surface area (Å²) in [6.45, 7) is 2.77. The third-order valence-electron chi connectivity index (χ3n) is 5.25. The number of amides is 1. The number of hydrogen-bond acceptors (Lipinski definition) is 4. The predicted octanol–water partition coefficient (Wildman–Crippen LogP) is 3.69. The summed E-state index contributed by atoms with van der Waals surface area (Å²) in [5, 5.41) is 4.15. The van der Waals surface area contributed by atoms with Gasteiger partial charge in [-0.3, -0.25) is 4.79 Å². The van der Waals surface area contributed by atoms with Crippen LogP contribution in [0.15, 0.2) is 28.8 Å². The van der Waals surface area contributed by atoms with E-state index in [1.807, 2.05) is 31.2 Å². The van der Waals surface area contributed by atoms with Crippen LogP contribution in [-0.4, -0.2) is 33.5 Å². The third kappa shape index (κ3) is 2.95. The molecule has 0 bridgehead atoms. The number of rotatable bonds is 3. The molecule has 1 saturated heterocycles. The summed E-state index contributed by atoms with van der Waals surface area (Å²) < 4.78 is 5.44. The highest BCUT2D eigenvalue weighted by atomic mass is 16.5. The van der Waals surface area contributed by atoms with Crippen molar-refractivity contribution in [2.24, 2.45) is 0 Å². The predicted molar refractivity (Wildman–Crippen MR) is 90.4 cm³/mol. The highest BCUT2D eigenvalue weighted by Gasteiger charge is 2.37. The van der Waals surface area contributed by atoms with E-state index in [0.29, 0.717) is 24.2 Å². The van der Waals surface area contributed by atoms with Gasteiger partial charge >= 0.3 is 0 Å². The van der Waals surface area contributed by atoms with Gasteiger partial charge in [0.25, 0.3) is 5.89 Å². The van der Waals surface area contributed by atoms with Crippen molar-refractivity contribution in [2.45, 2.75) is 57.4 Å². The first-order chi connectivity index (χ1) is 11.7. The molecule has 2 aliphatic rings. The van der Waals surface area contributed by atoms with Gasteiger partial charge in [-0.15, -0.1) is 0 Å². The fraction of sp³-hybridized carbons (Fsp3) is 0.526. The molecule has 0 unspecified atom stereocenters. The molecule has 0 N–H and O–H groups in total. The molecule has 4 rings (SSSR count). The Labute approximate surface area is 142 Å². The van der Waals surface area contributed by atoms with Gasteiger partial charge in [0, 0.05) is 30.5 Å². The minimum Gasteiger partial charge on any atom is -0.339 e. The Morgan fingerprint density at radius 3 is 2.83 bits per heavy atom. The first-order valence-corrected chi connectivity index (χ1v) is 8.91. The molecule has 1 amide bonds. The Balaban J connectivity index is 1.50. The number of aryl methyl sites for hydroxylation is 1. The van der Waals surface area contributed by atoms with E-state index in [0.717, 1.165) is 30.5 Å². The summed E-state index contributed by atoms with van der Waals surface area (Å²) in [6.07, 6.45) is 6.55. The van der Waals surface area contributed by atoms with E-state index < -0.39 is 0 Å². The van der Waals surface area contributed by atoms with E-state index >= 15 is 0 Å². The van der Waals surface area contributed by atoms with Crippen LogP contribution in [0.5, 0.6) is 0 Å². The molecule has 2 aromatic rings. The number of carbonyl (C=O) groups excluding carboxylic acids is 1. The second-order valence-electron chi connectivity index (χ2n) is 7.07. The molecule has 126 valence electrons. The fourth-order valence-corrected chi connectivity index (χ4v) is 3.95. The molecule has 0 radical (unpaired) electrons. The van der Waals surface area contributed by atoms with E-state index in [-0.39, 0.29) is 11.8 Å². The van der Waals surface area contributed by atoms with Crippen LogP contribution in [0.1, 0.15) is 55.8 Å². The molecule has 1 saturated carbocycles. The molecular formula is C19H23N3O2. The van der Waals surface area contributed by atoms with E-state index in [1.165, 1.54) is 19.3 Å². The SMILES string of the molecule is Cc1cccc(-c2nc([C@@H]3CC(=O)N(C4CCCCC4)C3)no2)c1. The van der Waals surface area contributed by atoms with E-state index in [4.69, 9.17) is 4.52 Å². The first-order valence-electron chi connectivity index (χ1n) is 8.91. The van der Waals surface area contributed by atoms with Gasteiger partial charge in [-0.25, -0.2) is 0 Å². The van der Waals surface area contributed by atoms with Crippen LogP contribution in [0, 0.1) is 6.92 Å². The molecular weight excluding hydrogens is 302 g/mol. The van der Waals surface area contributed by atoms with Gasteiger partial charge in [0.1, 0.15) is 0 Å². The smallest absolute Gasteiger partial charge is 0.257 e. The van der Waals surface area contributed by atoms with Gasteiger partial charge < -0.3 is 9.42 Å². The minimum absolute atomic E-state index is 0.0572. The van der Waals surface area contributed by atoms with Crippen molar-refractivity contribution < 1.29 is 9.32 Å². The normalized spacial score (nSPS) is 22.3. The second kappa shape index (κ2) is 6.38. The van der Waals surface area contributed by atoms with Gasteiger partial charge in [0.15, 0.2) is 5.82 Å². The lowest BCUT2D eigenvalue weighted by Crippen LogP contribution is -2.37. The molecule has 5 nitrogen and oxygen atoms in total. The number of aromatic nitrogens is 2. The Kier molecular flexibility index (Phi) is 4.08. The number of carbonyl (C=O) groups is 1. The molecule has 2 heterocycles. The molecule has 1 aliphatic heterocycles. The van der Waals surface area contributed by atoms with Crippen molar-refractivity contribution in [1.82, 2.24) is 15.0 Å². The van der Waals surface area contributed by atoms with Crippen LogP contribution >= 0.6 is 0 Å². The molecule has 2 fully saturated rings. The summed E-state index contributed by atoms with van der Waals surface area (Å²) in [4.78, 5) is 19.0. The van der Waals surface area contributed by atoms with Gasteiger partial charge in [-0.05, 0) is 31.9 Å². The van der Waals surface area contributed by atoms with Crippen LogP contribution in [0.2, 0.25) is 0 Å². The monoisotopic (exact) mass is 325 g/mol. The molecule has 1 aromatic heterocycles. The van der Waals surface area contributed by atoms with Gasteiger partial charge in [0.05, 0.1) is 0 Å². The fourth-order valence-electron chi connectivity index (χ4n) is 3.95. The molecule has 1 aliphatic carbocycles. The zero-order chi connectivity index (χ0) is 16.5. The number of likely N-dealkylation sites (tertiary alicyclic amines) is 1. The lowest BCUT2D eigenvalue weighted by Gasteiger charge is -2.31. The second-order valence-corrected chi connectivity index (χ2v) is 7.07. The van der Waals surface area contributed by atoms with Crippen molar-refractivity contribution in [1.29, 1.82) is 0 Å². The minimum atomic E-state index is 0.0572. The standard InChI is InChI=1S/C19H23N3O2/c1-13-6-5-7-14(10-13)19-20-18(21-24-19)15-11-17(23)22(12-15)16-8-3-2-4-9-16/h5-7,10,15-16H,2-4,8-9,11-12H2,1H3/t15-/m1/s1. The van der Waals surface area contributed by atoms with E-state index in [2.05, 4.69) is 15.0 Å². The average Bonchev–Trinajstić information content (AvgIpc) is 3.22. The van der Waals surface area contributed by atoms with Gasteiger partial charge in [-0.2, -0.15) is 4.98 Å². The average molecular weight is 325 g/mol. The summed E-state index contributed by atoms with van der Waals surface area (Å²) in [5.41, 5.74) is 2.09. The molecule has 0 spiro atoms. The largest absolute Gasteiger partial charge is 0.339 e. The summed E-state index contributed by atoms with van der Waals surface area (Å²) >= 11 is 0. The van der Waals surface area contributed by atoms with Gasteiger partial charge in [0.2, 0.25) is 5.91 Å². The topological polar surface area (TPSA) is 59.2 Å². The zero-order valence-electron chi connectivity index (χ0n) is 14.1. The maximum atomic E-state index is 12.4. The number of nitrogens with zero attached hydrogens (tertiary/aromatic N) is 3. The Bertz CT molecular complexity index is 734. The van der Waals surface area contributed by atoms with Crippen molar-refractivity contribution >= 4 is 5.91 Å². The van der Waals surface area contributed by atoms with Crippen LogP contribution in [0.25, 0.3) is 11.5 Å². The van der Waals surface area contributed by atoms with E-state index in [9.17, 15) is 4.79 Å². The maximum Gasteiger partial charge on any atom is 0.257 e. The van der Waals surface area contributed by atoms with Crippen molar-refractivity contribution in [2.75, 3.05) is 6.54 Å². The lowest BCUT2D eigenvalue weighted by molar-refractivity contribution is -0.130. The van der Waals surface area contributed by atoms with Crippen LogP contribution in [-0.2, 0) is 4.79 Å². The molecule has 1 atom stereocenters. The van der Waals surface area contributed by atoms with Crippen molar-refractivity contribution in [3.8, 4) is 11.5 Å². The third-order valence-corrected chi connectivity index (χ3v) is 5.25. The van der Waals surface area contributed by atoms with Crippen LogP contribution in [0.3, 0.4) is 0 Å². The molecule has 1 aromatic carbocycles. The Morgan fingerprint density at radius 1 is 1.21 bits per heavy atom.